The van der Waals surface area contributed by atoms with Gasteiger partial charge in [0, 0.05) is 32.4 Å². The first-order chi connectivity index (χ1) is 20.2. The summed E-state index contributed by atoms with van der Waals surface area (Å²) >= 11 is 0. The summed E-state index contributed by atoms with van der Waals surface area (Å²) in [7, 11) is 3.37. The SMILES string of the molecule is CN(C)C(=O)NC1CCCN(c2cnc(C(N)=O)c(Nc3ccc(C4(C)CCN(C5CCCC5)CC4)cc3)n2)C1CO. The van der Waals surface area contributed by atoms with Crippen LogP contribution >= 0.6 is 0 Å². The lowest BCUT2D eigenvalue weighted by molar-refractivity contribution is 0.0996. The predicted molar refractivity (Wildman–Crippen MR) is 164 cm³/mol. The number of urea groups is 1. The lowest BCUT2D eigenvalue weighted by Gasteiger charge is -2.42. The van der Waals surface area contributed by atoms with Crippen LogP contribution in [0.1, 0.15) is 74.3 Å². The molecule has 11 heteroatoms. The minimum absolute atomic E-state index is 0.0455. The molecule has 0 bridgehead atoms. The van der Waals surface area contributed by atoms with Crippen molar-refractivity contribution in [2.45, 2.75) is 81.8 Å². The molecule has 2 aliphatic heterocycles. The van der Waals surface area contributed by atoms with Gasteiger partial charge in [-0.2, -0.15) is 0 Å². The van der Waals surface area contributed by atoms with Crippen molar-refractivity contribution >= 4 is 29.3 Å². The van der Waals surface area contributed by atoms with Gasteiger partial charge in [-0.3, -0.25) is 4.79 Å². The standard InChI is InChI=1S/C31H46N8O3/c1-31(14-17-38(18-15-31)23-7-4-5-8-23)21-10-12-22(13-11-21)34-29-27(28(32)41)33-19-26(36-29)39-16-6-9-24(25(39)20-40)35-30(42)37(2)3/h10-13,19,23-25,40H,4-9,14-18,20H2,1-3H3,(H2,32,41)(H,34,36)(H,35,42). The zero-order chi connectivity index (χ0) is 29.9. The first-order valence-electron chi connectivity index (χ1n) is 15.3. The van der Waals surface area contributed by atoms with E-state index in [0.29, 0.717) is 12.4 Å². The molecule has 2 aromatic rings. The van der Waals surface area contributed by atoms with Crippen LogP contribution in [0.15, 0.2) is 30.5 Å². The molecule has 5 N–H and O–H groups in total. The fourth-order valence-corrected chi connectivity index (χ4v) is 6.84. The Morgan fingerprint density at radius 3 is 2.38 bits per heavy atom. The molecule has 3 fully saturated rings. The molecule has 2 unspecified atom stereocenters. The highest BCUT2D eigenvalue weighted by Gasteiger charge is 2.36. The van der Waals surface area contributed by atoms with Crippen LogP contribution in [0.5, 0.6) is 0 Å². The first kappa shape index (κ1) is 30.0. The Hall–Kier alpha value is -3.44. The van der Waals surface area contributed by atoms with E-state index < -0.39 is 5.91 Å². The summed E-state index contributed by atoms with van der Waals surface area (Å²) in [5.41, 5.74) is 7.95. The number of aliphatic hydroxyl groups is 1. The Morgan fingerprint density at radius 1 is 1.07 bits per heavy atom. The zero-order valence-corrected chi connectivity index (χ0v) is 25.2. The van der Waals surface area contributed by atoms with Crippen LogP contribution in [0.2, 0.25) is 0 Å². The number of amides is 3. The maximum Gasteiger partial charge on any atom is 0.317 e. The Kier molecular flexibility index (Phi) is 9.17. The van der Waals surface area contributed by atoms with E-state index in [0.717, 1.165) is 50.5 Å². The van der Waals surface area contributed by atoms with E-state index in [4.69, 9.17) is 10.7 Å². The number of nitrogens with two attached hydrogens (primary N) is 1. The van der Waals surface area contributed by atoms with Crippen molar-refractivity contribution in [1.29, 1.82) is 0 Å². The molecular weight excluding hydrogens is 532 g/mol. The van der Waals surface area contributed by atoms with Crippen molar-refractivity contribution in [3.63, 3.8) is 0 Å². The maximum atomic E-state index is 12.3. The van der Waals surface area contributed by atoms with Gasteiger partial charge in [0.05, 0.1) is 24.9 Å². The summed E-state index contributed by atoms with van der Waals surface area (Å²) in [4.78, 5) is 39.8. The van der Waals surface area contributed by atoms with Crippen molar-refractivity contribution in [1.82, 2.24) is 25.1 Å². The highest BCUT2D eigenvalue weighted by Crippen LogP contribution is 2.38. The summed E-state index contributed by atoms with van der Waals surface area (Å²) in [5, 5.41) is 16.5. The number of nitrogens with zero attached hydrogens (tertiary/aromatic N) is 5. The van der Waals surface area contributed by atoms with Crippen molar-refractivity contribution in [3.8, 4) is 0 Å². The molecular formula is C31H46N8O3. The number of hydrogen-bond donors (Lipinski definition) is 4. The van der Waals surface area contributed by atoms with Crippen molar-refractivity contribution < 1.29 is 14.7 Å². The zero-order valence-electron chi connectivity index (χ0n) is 25.2. The second kappa shape index (κ2) is 12.8. The summed E-state index contributed by atoms with van der Waals surface area (Å²) < 4.78 is 0. The highest BCUT2D eigenvalue weighted by molar-refractivity contribution is 5.96. The quantitative estimate of drug-likeness (QED) is 0.374. The van der Waals surface area contributed by atoms with Crippen LogP contribution in [0.4, 0.5) is 22.1 Å². The molecule has 3 heterocycles. The molecule has 2 saturated heterocycles. The van der Waals surface area contributed by atoms with Gasteiger partial charge < -0.3 is 36.2 Å². The van der Waals surface area contributed by atoms with E-state index in [9.17, 15) is 14.7 Å². The average molecular weight is 579 g/mol. The number of rotatable bonds is 8. The first-order valence-corrected chi connectivity index (χ1v) is 15.3. The number of aliphatic hydroxyl groups excluding tert-OH is 1. The molecule has 1 aliphatic carbocycles. The van der Waals surface area contributed by atoms with Gasteiger partial charge in [-0.25, -0.2) is 14.8 Å². The summed E-state index contributed by atoms with van der Waals surface area (Å²) in [6.45, 7) is 5.13. The largest absolute Gasteiger partial charge is 0.394 e. The van der Waals surface area contributed by atoms with Gasteiger partial charge >= 0.3 is 6.03 Å². The maximum absolute atomic E-state index is 12.3. The van der Waals surface area contributed by atoms with E-state index >= 15 is 0 Å². The summed E-state index contributed by atoms with van der Waals surface area (Å²) in [6, 6.07) is 8.29. The Morgan fingerprint density at radius 2 is 1.76 bits per heavy atom. The number of nitrogens with one attached hydrogen (secondary N) is 2. The number of carbonyl (C=O) groups excluding carboxylic acids is 2. The lowest BCUT2D eigenvalue weighted by Crippen LogP contribution is -2.58. The van der Waals surface area contributed by atoms with Crippen molar-refractivity contribution in [2.24, 2.45) is 5.73 Å². The molecule has 3 amide bonds. The molecule has 228 valence electrons. The highest BCUT2D eigenvalue weighted by atomic mass is 16.3. The number of anilines is 3. The second-order valence-electron chi connectivity index (χ2n) is 12.6. The van der Waals surface area contributed by atoms with Crippen molar-refractivity contribution in [3.05, 3.63) is 41.7 Å². The van der Waals surface area contributed by atoms with Crippen LogP contribution in [-0.2, 0) is 5.41 Å². The molecule has 1 aromatic heterocycles. The predicted octanol–water partition coefficient (Wildman–Crippen LogP) is 3.22. The average Bonchev–Trinajstić information content (AvgIpc) is 3.53. The fraction of sp³-hybridized carbons (Fsp3) is 0.613. The molecule has 11 nitrogen and oxygen atoms in total. The minimum atomic E-state index is -0.678. The number of piperidine rings is 2. The number of likely N-dealkylation sites (tertiary alicyclic amines) is 1. The Balaban J connectivity index is 1.31. The Labute approximate surface area is 248 Å². The number of hydrogen-bond acceptors (Lipinski definition) is 8. The van der Waals surface area contributed by atoms with E-state index in [-0.39, 0.29) is 41.6 Å². The van der Waals surface area contributed by atoms with E-state index in [1.54, 1.807) is 14.1 Å². The van der Waals surface area contributed by atoms with E-state index in [1.165, 1.54) is 42.3 Å². The summed E-state index contributed by atoms with van der Waals surface area (Å²) in [6.07, 6.45) is 10.8. The minimum Gasteiger partial charge on any atom is -0.394 e. The molecule has 0 spiro atoms. The third kappa shape index (κ3) is 6.47. The molecule has 1 aromatic carbocycles. The fourth-order valence-electron chi connectivity index (χ4n) is 6.84. The van der Waals surface area contributed by atoms with Gasteiger partial charge in [0.1, 0.15) is 5.82 Å². The third-order valence-corrected chi connectivity index (χ3v) is 9.56. The van der Waals surface area contributed by atoms with Crippen LogP contribution < -0.4 is 21.3 Å². The summed E-state index contributed by atoms with van der Waals surface area (Å²) in [5.74, 6) is 0.0895. The lowest BCUT2D eigenvalue weighted by atomic mass is 9.74. The number of primary amides is 1. The van der Waals surface area contributed by atoms with Gasteiger partial charge in [-0.05, 0) is 74.7 Å². The van der Waals surface area contributed by atoms with Crippen molar-refractivity contribution in [2.75, 3.05) is 50.6 Å². The molecule has 2 atom stereocenters. The van der Waals surface area contributed by atoms with Crippen LogP contribution in [0, 0.1) is 0 Å². The Bertz CT molecular complexity index is 1240. The number of aromatic nitrogens is 2. The smallest absolute Gasteiger partial charge is 0.317 e. The van der Waals surface area contributed by atoms with E-state index in [1.807, 2.05) is 17.0 Å². The topological polar surface area (TPSA) is 140 Å². The monoisotopic (exact) mass is 578 g/mol. The molecule has 3 aliphatic rings. The molecule has 5 rings (SSSR count). The van der Waals surface area contributed by atoms with Gasteiger partial charge in [0.25, 0.3) is 5.91 Å². The van der Waals surface area contributed by atoms with Gasteiger partial charge in [-0.1, -0.05) is 31.9 Å². The van der Waals surface area contributed by atoms with Crippen LogP contribution in [0.3, 0.4) is 0 Å². The van der Waals surface area contributed by atoms with Gasteiger partial charge in [0.2, 0.25) is 0 Å². The molecule has 1 saturated carbocycles. The number of carbonyl (C=O) groups is 2. The van der Waals surface area contributed by atoms with E-state index in [2.05, 4.69) is 39.6 Å². The number of benzene rings is 1. The molecule has 42 heavy (non-hydrogen) atoms. The van der Waals surface area contributed by atoms with Crippen LogP contribution in [-0.4, -0.2) is 95.3 Å². The normalized spacial score (nSPS) is 23.0. The third-order valence-electron chi connectivity index (χ3n) is 9.56. The second-order valence-corrected chi connectivity index (χ2v) is 12.6. The van der Waals surface area contributed by atoms with Gasteiger partial charge in [0.15, 0.2) is 11.5 Å². The molecule has 0 radical (unpaired) electrons. The van der Waals surface area contributed by atoms with Crippen LogP contribution in [0.25, 0.3) is 0 Å². The van der Waals surface area contributed by atoms with Gasteiger partial charge in [-0.15, -0.1) is 0 Å².